The quantitative estimate of drug-likeness (QED) is 0.908. The summed E-state index contributed by atoms with van der Waals surface area (Å²) >= 11 is 0. The fraction of sp³-hybridized carbons (Fsp3) is 0.333. The molecule has 3 rings (SSSR count). The van der Waals surface area contributed by atoms with Crippen LogP contribution < -0.4 is 10.2 Å². The normalized spacial score (nSPS) is 14.7. The van der Waals surface area contributed by atoms with E-state index in [9.17, 15) is 13.6 Å². The Hall–Kier alpha value is -3.08. The second-order valence-corrected chi connectivity index (χ2v) is 6.11. The maximum Gasteiger partial charge on any atom is 0.251 e. The number of anilines is 1. The van der Waals surface area contributed by atoms with E-state index < -0.39 is 17.5 Å². The minimum atomic E-state index is -1.04. The number of aromatic nitrogens is 2. The van der Waals surface area contributed by atoms with Crippen molar-refractivity contribution < 1.29 is 13.6 Å². The van der Waals surface area contributed by atoms with E-state index in [2.05, 4.69) is 15.3 Å². The average Bonchev–Trinajstić information content (AvgIpc) is 2.68. The maximum atomic E-state index is 13.2. The largest absolute Gasteiger partial charge is 0.354 e. The number of nitriles is 1. The van der Waals surface area contributed by atoms with Gasteiger partial charge in [0.05, 0.1) is 0 Å². The number of carbonyl (C=O) groups is 1. The molecule has 1 N–H and O–H groups in total. The fourth-order valence-electron chi connectivity index (χ4n) is 2.97. The molecule has 2 aromatic rings. The standard InChI is InChI=1S/C18H17F2N5O/c19-14-2-1-13(9-15(14)20)18(26)24-11-12-3-7-25(8-4-12)17-16(10-21)22-5-6-23-17/h1-2,5-6,9,12H,3-4,7-8,11H2,(H,24,26). The van der Waals surface area contributed by atoms with Crippen molar-refractivity contribution in [3.05, 3.63) is 53.5 Å². The van der Waals surface area contributed by atoms with E-state index in [1.54, 1.807) is 6.20 Å². The highest BCUT2D eigenvalue weighted by Crippen LogP contribution is 2.23. The molecule has 1 saturated heterocycles. The van der Waals surface area contributed by atoms with Gasteiger partial charge in [-0.1, -0.05) is 0 Å². The molecule has 134 valence electrons. The lowest BCUT2D eigenvalue weighted by atomic mass is 9.96. The number of hydrogen-bond donors (Lipinski definition) is 1. The number of amides is 1. The van der Waals surface area contributed by atoms with E-state index in [4.69, 9.17) is 5.26 Å². The zero-order valence-corrected chi connectivity index (χ0v) is 14.0. The first-order valence-corrected chi connectivity index (χ1v) is 8.28. The third-order valence-corrected chi connectivity index (χ3v) is 4.43. The van der Waals surface area contributed by atoms with Crippen LogP contribution in [0.4, 0.5) is 14.6 Å². The van der Waals surface area contributed by atoms with Crippen molar-refractivity contribution in [2.75, 3.05) is 24.5 Å². The van der Waals surface area contributed by atoms with Crippen LogP contribution in [0, 0.1) is 28.9 Å². The molecule has 0 aliphatic carbocycles. The molecule has 1 aliphatic rings. The van der Waals surface area contributed by atoms with E-state index in [0.717, 1.165) is 25.0 Å². The summed E-state index contributed by atoms with van der Waals surface area (Å²) in [6, 6.07) is 5.13. The minimum Gasteiger partial charge on any atom is -0.354 e. The minimum absolute atomic E-state index is 0.0968. The highest BCUT2D eigenvalue weighted by molar-refractivity contribution is 5.94. The van der Waals surface area contributed by atoms with Gasteiger partial charge in [0.15, 0.2) is 23.1 Å². The number of hydrogen-bond acceptors (Lipinski definition) is 5. The third kappa shape index (κ3) is 3.94. The lowest BCUT2D eigenvalue weighted by molar-refractivity contribution is 0.0944. The Balaban J connectivity index is 1.52. The predicted octanol–water partition coefficient (Wildman–Crippen LogP) is 2.27. The molecular formula is C18H17F2N5O. The van der Waals surface area contributed by atoms with Gasteiger partial charge in [0.25, 0.3) is 5.91 Å². The maximum absolute atomic E-state index is 13.2. The number of halogens is 2. The van der Waals surface area contributed by atoms with Gasteiger partial charge in [0, 0.05) is 37.6 Å². The van der Waals surface area contributed by atoms with Crippen LogP contribution in [0.3, 0.4) is 0 Å². The second-order valence-electron chi connectivity index (χ2n) is 6.11. The smallest absolute Gasteiger partial charge is 0.251 e. The zero-order valence-electron chi connectivity index (χ0n) is 14.0. The number of nitrogens with zero attached hydrogens (tertiary/aromatic N) is 4. The van der Waals surface area contributed by atoms with Crippen LogP contribution in [0.5, 0.6) is 0 Å². The van der Waals surface area contributed by atoms with Crippen LogP contribution in [0.1, 0.15) is 28.9 Å². The Morgan fingerprint density at radius 2 is 1.96 bits per heavy atom. The van der Waals surface area contributed by atoms with E-state index in [1.807, 2.05) is 11.0 Å². The molecule has 0 radical (unpaired) electrons. The van der Waals surface area contributed by atoms with Crippen molar-refractivity contribution in [3.8, 4) is 6.07 Å². The zero-order chi connectivity index (χ0) is 18.5. The van der Waals surface area contributed by atoms with Gasteiger partial charge in [-0.25, -0.2) is 18.7 Å². The van der Waals surface area contributed by atoms with Gasteiger partial charge >= 0.3 is 0 Å². The first-order chi connectivity index (χ1) is 12.6. The predicted molar refractivity (Wildman–Crippen MR) is 90.4 cm³/mol. The van der Waals surface area contributed by atoms with E-state index in [-0.39, 0.29) is 11.5 Å². The summed E-state index contributed by atoms with van der Waals surface area (Å²) in [6.07, 6.45) is 4.69. The van der Waals surface area contributed by atoms with Gasteiger partial charge in [0.1, 0.15) is 6.07 Å². The van der Waals surface area contributed by atoms with Crippen LogP contribution in [0.25, 0.3) is 0 Å². The highest BCUT2D eigenvalue weighted by atomic mass is 19.2. The number of nitrogens with one attached hydrogen (secondary N) is 1. The lowest BCUT2D eigenvalue weighted by Crippen LogP contribution is -2.39. The fourth-order valence-corrected chi connectivity index (χ4v) is 2.97. The van der Waals surface area contributed by atoms with Crippen LogP contribution in [-0.2, 0) is 0 Å². The first-order valence-electron chi connectivity index (χ1n) is 8.28. The summed E-state index contributed by atoms with van der Waals surface area (Å²) in [5.41, 5.74) is 0.400. The molecule has 8 heteroatoms. The van der Waals surface area contributed by atoms with Crippen molar-refractivity contribution in [2.45, 2.75) is 12.8 Å². The van der Waals surface area contributed by atoms with E-state index in [1.165, 1.54) is 12.3 Å². The number of rotatable bonds is 4. The molecule has 0 atom stereocenters. The Morgan fingerprint density at radius 1 is 1.23 bits per heavy atom. The summed E-state index contributed by atoms with van der Waals surface area (Å²) in [5.74, 6) is -1.59. The van der Waals surface area contributed by atoms with E-state index in [0.29, 0.717) is 31.1 Å². The third-order valence-electron chi connectivity index (χ3n) is 4.43. The van der Waals surface area contributed by atoms with E-state index >= 15 is 0 Å². The molecule has 6 nitrogen and oxygen atoms in total. The van der Waals surface area contributed by atoms with Gasteiger partial charge in [-0.3, -0.25) is 4.79 Å². The topological polar surface area (TPSA) is 81.9 Å². The average molecular weight is 357 g/mol. The number of piperidine rings is 1. The Morgan fingerprint density at radius 3 is 2.65 bits per heavy atom. The highest BCUT2D eigenvalue weighted by Gasteiger charge is 2.23. The molecule has 0 bridgehead atoms. The molecule has 0 unspecified atom stereocenters. The van der Waals surface area contributed by atoms with Gasteiger partial charge in [0.2, 0.25) is 0 Å². The number of benzene rings is 1. The monoisotopic (exact) mass is 357 g/mol. The molecule has 1 aliphatic heterocycles. The Bertz CT molecular complexity index is 844. The first kappa shape index (κ1) is 17.7. The van der Waals surface area contributed by atoms with Crippen molar-refractivity contribution in [1.29, 1.82) is 5.26 Å². The molecular weight excluding hydrogens is 340 g/mol. The Labute approximate surface area is 149 Å². The lowest BCUT2D eigenvalue weighted by Gasteiger charge is -2.32. The van der Waals surface area contributed by atoms with Gasteiger partial charge in [-0.2, -0.15) is 5.26 Å². The summed E-state index contributed by atoms with van der Waals surface area (Å²) in [7, 11) is 0. The summed E-state index contributed by atoms with van der Waals surface area (Å²) < 4.78 is 26.1. The van der Waals surface area contributed by atoms with Gasteiger partial charge < -0.3 is 10.2 Å². The van der Waals surface area contributed by atoms with Gasteiger partial charge in [-0.05, 0) is 37.0 Å². The summed E-state index contributed by atoms with van der Waals surface area (Å²) in [6.45, 7) is 1.87. The van der Waals surface area contributed by atoms with Crippen LogP contribution >= 0.6 is 0 Å². The SMILES string of the molecule is N#Cc1nccnc1N1CCC(CNC(=O)c2ccc(F)c(F)c2)CC1. The van der Waals surface area contributed by atoms with Gasteiger partial charge in [-0.15, -0.1) is 0 Å². The summed E-state index contributed by atoms with van der Waals surface area (Å²) in [5, 5.41) is 11.9. The molecule has 26 heavy (non-hydrogen) atoms. The molecule has 2 heterocycles. The van der Waals surface area contributed by atoms with Crippen LogP contribution in [0.2, 0.25) is 0 Å². The molecule has 1 amide bonds. The number of carbonyl (C=O) groups excluding carboxylic acids is 1. The molecule has 0 spiro atoms. The molecule has 0 saturated carbocycles. The molecule has 1 fully saturated rings. The molecule has 1 aromatic carbocycles. The van der Waals surface area contributed by atoms with Crippen molar-refractivity contribution >= 4 is 11.7 Å². The van der Waals surface area contributed by atoms with Crippen molar-refractivity contribution in [1.82, 2.24) is 15.3 Å². The molecule has 1 aromatic heterocycles. The van der Waals surface area contributed by atoms with Crippen LogP contribution in [-0.4, -0.2) is 35.5 Å². The van der Waals surface area contributed by atoms with Crippen LogP contribution in [0.15, 0.2) is 30.6 Å². The summed E-state index contributed by atoms with van der Waals surface area (Å²) in [4.78, 5) is 22.3. The van der Waals surface area contributed by atoms with Crippen molar-refractivity contribution in [3.63, 3.8) is 0 Å². The van der Waals surface area contributed by atoms with Crippen molar-refractivity contribution in [2.24, 2.45) is 5.92 Å². The Kier molecular flexibility index (Phi) is 5.37. The second kappa shape index (κ2) is 7.87.